The van der Waals surface area contributed by atoms with Crippen molar-refractivity contribution in [2.75, 3.05) is 0 Å². The Hall–Kier alpha value is -1.95. The maximum absolute atomic E-state index is 11.0. The van der Waals surface area contributed by atoms with Crippen LogP contribution in [0.2, 0.25) is 24.2 Å². The van der Waals surface area contributed by atoms with Gasteiger partial charge in [0.25, 0.3) is 5.91 Å². The van der Waals surface area contributed by atoms with Gasteiger partial charge in [0.15, 0.2) is 5.69 Å². The zero-order chi connectivity index (χ0) is 18.3. The molecule has 131 valence electrons. The average molecular weight is 346 g/mol. The molecule has 5 nitrogen and oxygen atoms in total. The molecule has 1 amide bonds. The summed E-state index contributed by atoms with van der Waals surface area (Å²) in [4.78, 5) is 11.0. The van der Waals surface area contributed by atoms with E-state index in [1.165, 1.54) is 16.7 Å². The fourth-order valence-electron chi connectivity index (χ4n) is 3.50. The number of rotatable bonds is 11. The van der Waals surface area contributed by atoms with E-state index >= 15 is 0 Å². The Bertz CT molecular complexity index is 592. The van der Waals surface area contributed by atoms with Crippen LogP contribution in [-0.4, -0.2) is 29.0 Å². The molecule has 1 rings (SSSR count). The Kier molecular flexibility index (Phi) is 7.35. The summed E-state index contributed by atoms with van der Waals surface area (Å²) >= 11 is 0. The van der Waals surface area contributed by atoms with E-state index in [4.69, 9.17) is 5.73 Å². The molecule has 0 aliphatic carbocycles. The molecule has 0 unspecified atom stereocenters. The largest absolute Gasteiger partial charge is 0.291 e. The van der Waals surface area contributed by atoms with Gasteiger partial charge in [-0.05, 0) is 45.3 Å². The normalized spacial score (nSPS) is 11.3. The fourth-order valence-corrected chi connectivity index (χ4v) is 9.16. The van der Waals surface area contributed by atoms with E-state index in [0.717, 1.165) is 30.6 Å². The zero-order valence-electron chi connectivity index (χ0n) is 15.2. The number of carbonyl (C=O) groups is 1. The number of aromatic nitrogens is 3. The van der Waals surface area contributed by atoms with Crippen LogP contribution in [0.15, 0.2) is 42.7 Å². The lowest BCUT2D eigenvalue weighted by Gasteiger charge is -2.33. The third-order valence-corrected chi connectivity index (χ3v) is 9.37. The van der Waals surface area contributed by atoms with Crippen LogP contribution in [-0.2, 0) is 6.54 Å². The van der Waals surface area contributed by atoms with Crippen LogP contribution in [0.1, 0.15) is 37.7 Å². The number of hydrogen-bond donors (Lipinski definition) is 0. The van der Waals surface area contributed by atoms with E-state index in [1.54, 1.807) is 10.9 Å². The molecule has 1 heterocycles. The van der Waals surface area contributed by atoms with E-state index in [2.05, 4.69) is 50.8 Å². The first-order valence-corrected chi connectivity index (χ1v) is 11.1. The first kappa shape index (κ1) is 20.1. The number of allylic oxidation sites excluding steroid dienone is 3. The van der Waals surface area contributed by atoms with Crippen molar-refractivity contribution in [1.29, 1.82) is 0 Å². The molecular formula is C18H29N4OSi. The minimum atomic E-state index is -1.62. The molecule has 0 aliphatic heterocycles. The summed E-state index contributed by atoms with van der Waals surface area (Å²) in [6, 6.07) is 4.38. The molecule has 1 radical (unpaired) electrons. The molecule has 0 fully saturated rings. The van der Waals surface area contributed by atoms with Gasteiger partial charge in [0.2, 0.25) is 0 Å². The van der Waals surface area contributed by atoms with Crippen LogP contribution in [0.4, 0.5) is 0 Å². The maximum Gasteiger partial charge on any atom is 0.291 e. The standard InChI is InChI=1S/C18H29N4OSi/c1-14(2)11-24(12-15(3)4,13-16(5)6)9-7-8-22-10-17(18(19)23)20-21-22/h10,19H,1,3,5,7-9,11-13H2,2,4,6H3. The molecule has 24 heavy (non-hydrogen) atoms. The number of amides is 1. The molecule has 0 bridgehead atoms. The lowest BCUT2D eigenvalue weighted by molar-refractivity contribution is 0.0987. The quantitative estimate of drug-likeness (QED) is 0.444. The van der Waals surface area contributed by atoms with Crippen LogP contribution in [0.25, 0.3) is 0 Å². The Morgan fingerprint density at radius 3 is 2.00 bits per heavy atom. The van der Waals surface area contributed by atoms with E-state index in [1.807, 2.05) is 0 Å². The average Bonchev–Trinajstić information content (AvgIpc) is 2.84. The minimum Gasteiger partial charge on any atom is -0.265 e. The molecule has 0 aliphatic rings. The predicted octanol–water partition coefficient (Wildman–Crippen LogP) is 4.27. The molecule has 1 aromatic rings. The molecule has 6 heteroatoms. The molecule has 1 N–H and O–H groups in total. The third kappa shape index (κ3) is 6.66. The van der Waals surface area contributed by atoms with Gasteiger partial charge in [-0.25, -0.2) is 0 Å². The topological polar surface area (TPSA) is 71.6 Å². The van der Waals surface area contributed by atoms with E-state index in [9.17, 15) is 4.79 Å². The summed E-state index contributed by atoms with van der Waals surface area (Å²) in [5.41, 5.74) is 10.8. The van der Waals surface area contributed by atoms with E-state index < -0.39 is 14.0 Å². The minimum absolute atomic E-state index is 0.101. The fraction of sp³-hybridized carbons (Fsp3) is 0.500. The molecule has 0 saturated carbocycles. The summed E-state index contributed by atoms with van der Waals surface area (Å²) < 4.78 is 1.66. The van der Waals surface area contributed by atoms with Crippen LogP contribution in [0, 0.1) is 0 Å². The Labute approximate surface area is 146 Å². The highest BCUT2D eigenvalue weighted by atomic mass is 28.3. The number of hydrogen-bond acceptors (Lipinski definition) is 3. The SMILES string of the molecule is C=C(C)C[Si](CCCn1cc(C([NH])=O)nn1)(CC(=C)C)CC(=C)C. The van der Waals surface area contributed by atoms with E-state index in [0.29, 0.717) is 6.54 Å². The molecule has 0 saturated heterocycles. The Morgan fingerprint density at radius 1 is 1.12 bits per heavy atom. The lowest BCUT2D eigenvalue weighted by Crippen LogP contribution is -2.35. The second kappa shape index (κ2) is 8.77. The third-order valence-electron chi connectivity index (χ3n) is 3.90. The highest BCUT2D eigenvalue weighted by Crippen LogP contribution is 2.35. The van der Waals surface area contributed by atoms with Gasteiger partial charge in [-0.1, -0.05) is 28.0 Å². The predicted molar refractivity (Wildman–Crippen MR) is 101 cm³/mol. The van der Waals surface area contributed by atoms with Crippen molar-refractivity contribution >= 4 is 14.0 Å². The lowest BCUT2D eigenvalue weighted by atomic mass is 10.4. The van der Waals surface area contributed by atoms with Gasteiger partial charge in [0.1, 0.15) is 0 Å². The number of aryl methyl sites for hydroxylation is 1. The van der Waals surface area contributed by atoms with Gasteiger partial charge in [0, 0.05) is 6.54 Å². The van der Waals surface area contributed by atoms with Crippen molar-refractivity contribution < 1.29 is 4.79 Å². The molecule has 0 spiro atoms. The second-order valence-electron chi connectivity index (χ2n) is 7.20. The van der Waals surface area contributed by atoms with Gasteiger partial charge in [0.05, 0.1) is 14.3 Å². The maximum atomic E-state index is 11.0. The van der Waals surface area contributed by atoms with Crippen LogP contribution in [0.5, 0.6) is 0 Å². The summed E-state index contributed by atoms with van der Waals surface area (Å²) in [6.45, 7) is 19.4. The molecule has 1 aromatic heterocycles. The van der Waals surface area contributed by atoms with Crippen molar-refractivity contribution in [3.8, 4) is 0 Å². The van der Waals surface area contributed by atoms with Crippen molar-refractivity contribution in [3.63, 3.8) is 0 Å². The summed E-state index contributed by atoms with van der Waals surface area (Å²) in [7, 11) is -1.62. The Balaban J connectivity index is 2.81. The van der Waals surface area contributed by atoms with Crippen LogP contribution in [0.3, 0.4) is 0 Å². The van der Waals surface area contributed by atoms with Crippen molar-refractivity contribution in [2.24, 2.45) is 0 Å². The van der Waals surface area contributed by atoms with E-state index in [-0.39, 0.29) is 5.69 Å². The zero-order valence-corrected chi connectivity index (χ0v) is 16.2. The van der Waals surface area contributed by atoms with Gasteiger partial charge in [-0.15, -0.1) is 24.8 Å². The van der Waals surface area contributed by atoms with Gasteiger partial charge in [-0.3, -0.25) is 15.2 Å². The smallest absolute Gasteiger partial charge is 0.265 e. The van der Waals surface area contributed by atoms with Crippen LogP contribution >= 0.6 is 0 Å². The second-order valence-corrected chi connectivity index (χ2v) is 11.8. The summed E-state index contributed by atoms with van der Waals surface area (Å²) in [5, 5.41) is 7.65. The highest BCUT2D eigenvalue weighted by Gasteiger charge is 2.32. The first-order chi connectivity index (χ1) is 11.1. The molecule has 0 aromatic carbocycles. The van der Waals surface area contributed by atoms with Crippen LogP contribution < -0.4 is 5.73 Å². The van der Waals surface area contributed by atoms with Gasteiger partial charge in [-0.2, -0.15) is 0 Å². The van der Waals surface area contributed by atoms with Crippen molar-refractivity contribution in [2.45, 2.75) is 57.9 Å². The number of nitrogens with zero attached hydrogens (tertiary/aromatic N) is 3. The monoisotopic (exact) mass is 345 g/mol. The van der Waals surface area contributed by atoms with Gasteiger partial charge >= 0.3 is 0 Å². The number of carbonyl (C=O) groups excluding carboxylic acids is 1. The molecule has 0 atom stereocenters. The number of nitrogens with one attached hydrogen (secondary N) is 1. The summed E-state index contributed by atoms with van der Waals surface area (Å²) in [5.74, 6) is -0.795. The van der Waals surface area contributed by atoms with Gasteiger partial charge < -0.3 is 0 Å². The van der Waals surface area contributed by atoms with Crippen molar-refractivity contribution in [1.82, 2.24) is 20.7 Å². The molecular weight excluding hydrogens is 316 g/mol. The van der Waals surface area contributed by atoms with Crippen molar-refractivity contribution in [3.05, 3.63) is 48.3 Å². The summed E-state index contributed by atoms with van der Waals surface area (Å²) in [6.07, 6.45) is 2.52. The highest BCUT2D eigenvalue weighted by molar-refractivity contribution is 6.81. The first-order valence-electron chi connectivity index (χ1n) is 8.23. The Morgan fingerprint density at radius 2 is 1.62 bits per heavy atom.